The molecule has 6 heteroatoms. The summed E-state index contributed by atoms with van der Waals surface area (Å²) >= 11 is 0. The van der Waals surface area contributed by atoms with Crippen LogP contribution < -0.4 is 4.74 Å². The van der Waals surface area contributed by atoms with E-state index in [1.165, 1.54) is 0 Å². The van der Waals surface area contributed by atoms with Crippen LogP contribution in [0, 0.1) is 5.92 Å². The molecule has 29 heavy (non-hydrogen) atoms. The van der Waals surface area contributed by atoms with Gasteiger partial charge in [-0.05, 0) is 48.9 Å². The molecule has 1 aromatic heterocycles. The number of nitrogens with zero attached hydrogens (tertiary/aromatic N) is 2. The van der Waals surface area contributed by atoms with Crippen molar-refractivity contribution in [2.75, 3.05) is 13.7 Å². The fourth-order valence-electron chi connectivity index (χ4n) is 3.91. The van der Waals surface area contributed by atoms with E-state index in [9.17, 15) is 9.59 Å². The molecule has 2 aromatic rings. The van der Waals surface area contributed by atoms with Crippen LogP contribution in [0.5, 0.6) is 5.75 Å². The molecule has 0 spiro atoms. The summed E-state index contributed by atoms with van der Waals surface area (Å²) in [6.45, 7) is 0.657. The SMILES string of the molecule is COc1ccccc1C(=O)N1CCC(C/C=C\CCC(=O)O)C1c1cccnc1. The number of allylic oxidation sites excluding steroid dienone is 2. The van der Waals surface area contributed by atoms with Crippen molar-refractivity contribution in [1.82, 2.24) is 9.88 Å². The van der Waals surface area contributed by atoms with Gasteiger partial charge in [0.15, 0.2) is 0 Å². The van der Waals surface area contributed by atoms with Gasteiger partial charge in [-0.1, -0.05) is 30.4 Å². The van der Waals surface area contributed by atoms with E-state index in [1.807, 2.05) is 47.5 Å². The monoisotopic (exact) mass is 394 g/mol. The topological polar surface area (TPSA) is 79.7 Å². The van der Waals surface area contributed by atoms with Gasteiger partial charge in [0.05, 0.1) is 18.7 Å². The van der Waals surface area contributed by atoms with Gasteiger partial charge in [-0.15, -0.1) is 0 Å². The van der Waals surface area contributed by atoms with Gasteiger partial charge in [-0.25, -0.2) is 0 Å². The Morgan fingerprint density at radius 3 is 2.79 bits per heavy atom. The molecule has 1 saturated heterocycles. The minimum Gasteiger partial charge on any atom is -0.496 e. The number of pyridine rings is 1. The lowest BCUT2D eigenvalue weighted by atomic mass is 9.91. The summed E-state index contributed by atoms with van der Waals surface area (Å²) < 4.78 is 5.39. The smallest absolute Gasteiger partial charge is 0.303 e. The summed E-state index contributed by atoms with van der Waals surface area (Å²) in [5.74, 6) is -0.0237. The number of carboxylic acid groups (broad SMARTS) is 1. The number of carbonyl (C=O) groups is 2. The van der Waals surface area contributed by atoms with Crippen molar-refractivity contribution in [1.29, 1.82) is 0 Å². The molecule has 1 N–H and O–H groups in total. The summed E-state index contributed by atoms with van der Waals surface area (Å²) in [5.41, 5.74) is 1.57. The Hall–Kier alpha value is -3.15. The largest absolute Gasteiger partial charge is 0.496 e. The number of ether oxygens (including phenoxy) is 1. The molecule has 1 aromatic carbocycles. The van der Waals surface area contributed by atoms with E-state index < -0.39 is 5.97 Å². The highest BCUT2D eigenvalue weighted by Gasteiger charge is 2.38. The summed E-state index contributed by atoms with van der Waals surface area (Å²) in [5, 5.41) is 8.77. The van der Waals surface area contributed by atoms with Crippen molar-refractivity contribution >= 4 is 11.9 Å². The van der Waals surface area contributed by atoms with Crippen molar-refractivity contribution in [2.45, 2.75) is 31.7 Å². The molecule has 1 fully saturated rings. The maximum atomic E-state index is 13.3. The van der Waals surface area contributed by atoms with Crippen LogP contribution in [0.1, 0.15) is 47.6 Å². The first kappa shape index (κ1) is 20.6. The average Bonchev–Trinajstić information content (AvgIpc) is 3.17. The minimum atomic E-state index is -0.794. The third-order valence-corrected chi connectivity index (χ3v) is 5.28. The van der Waals surface area contributed by atoms with Gasteiger partial charge in [0.1, 0.15) is 5.75 Å². The van der Waals surface area contributed by atoms with Gasteiger partial charge in [0, 0.05) is 25.4 Å². The molecule has 0 bridgehead atoms. The van der Waals surface area contributed by atoms with Crippen molar-refractivity contribution in [3.8, 4) is 5.75 Å². The molecule has 2 unspecified atom stereocenters. The number of hydrogen-bond acceptors (Lipinski definition) is 4. The highest BCUT2D eigenvalue weighted by molar-refractivity contribution is 5.97. The second-order valence-electron chi connectivity index (χ2n) is 7.12. The van der Waals surface area contributed by atoms with Gasteiger partial charge in [-0.3, -0.25) is 14.6 Å². The van der Waals surface area contributed by atoms with Gasteiger partial charge < -0.3 is 14.7 Å². The number of aliphatic carboxylic acids is 1. The molecular weight excluding hydrogens is 368 g/mol. The zero-order valence-corrected chi connectivity index (χ0v) is 16.5. The van der Waals surface area contributed by atoms with Crippen LogP contribution in [0.4, 0.5) is 0 Å². The third-order valence-electron chi connectivity index (χ3n) is 5.28. The number of benzene rings is 1. The lowest BCUT2D eigenvalue weighted by Crippen LogP contribution is -2.32. The molecule has 6 nitrogen and oxygen atoms in total. The molecule has 0 radical (unpaired) electrons. The molecule has 2 heterocycles. The summed E-state index contributed by atoms with van der Waals surface area (Å²) in [4.78, 5) is 30.2. The van der Waals surface area contributed by atoms with E-state index in [0.29, 0.717) is 24.3 Å². The third kappa shape index (κ3) is 5.02. The van der Waals surface area contributed by atoms with Gasteiger partial charge in [-0.2, -0.15) is 0 Å². The molecule has 0 saturated carbocycles. The minimum absolute atomic E-state index is 0.0475. The molecule has 2 atom stereocenters. The van der Waals surface area contributed by atoms with E-state index in [2.05, 4.69) is 4.98 Å². The number of carboxylic acids is 1. The average molecular weight is 394 g/mol. The maximum absolute atomic E-state index is 13.3. The lowest BCUT2D eigenvalue weighted by Gasteiger charge is -2.28. The number of methoxy groups -OCH3 is 1. The van der Waals surface area contributed by atoms with Gasteiger partial charge >= 0.3 is 5.97 Å². The number of aromatic nitrogens is 1. The van der Waals surface area contributed by atoms with Crippen molar-refractivity contribution in [2.24, 2.45) is 5.92 Å². The first-order chi connectivity index (χ1) is 14.1. The number of rotatable bonds is 8. The van der Waals surface area contributed by atoms with Crippen molar-refractivity contribution in [3.05, 3.63) is 72.1 Å². The Bertz CT molecular complexity index is 866. The van der Waals surface area contributed by atoms with Crippen LogP contribution in [0.2, 0.25) is 0 Å². The van der Waals surface area contributed by atoms with Gasteiger partial charge in [0.2, 0.25) is 0 Å². The lowest BCUT2D eigenvalue weighted by molar-refractivity contribution is -0.136. The number of carbonyl (C=O) groups excluding carboxylic acids is 1. The molecule has 3 rings (SSSR count). The number of para-hydroxylation sites is 1. The van der Waals surface area contributed by atoms with Gasteiger partial charge in [0.25, 0.3) is 5.91 Å². The predicted octanol–water partition coefficient (Wildman–Crippen LogP) is 4.10. The maximum Gasteiger partial charge on any atom is 0.303 e. The molecule has 1 aliphatic heterocycles. The quantitative estimate of drug-likeness (QED) is 0.682. The van der Waals surface area contributed by atoms with Crippen LogP contribution in [-0.2, 0) is 4.79 Å². The Labute approximate surface area is 170 Å². The van der Waals surface area contributed by atoms with Crippen LogP contribution >= 0.6 is 0 Å². The molecule has 1 aliphatic rings. The second kappa shape index (κ2) is 9.87. The normalized spacial score (nSPS) is 18.9. The van der Waals surface area contributed by atoms with Crippen LogP contribution in [0.15, 0.2) is 60.9 Å². The van der Waals surface area contributed by atoms with Crippen molar-refractivity contribution < 1.29 is 19.4 Å². The van der Waals surface area contributed by atoms with E-state index in [0.717, 1.165) is 18.4 Å². The first-order valence-electron chi connectivity index (χ1n) is 9.82. The van der Waals surface area contributed by atoms with E-state index in [4.69, 9.17) is 9.84 Å². The Kier molecular flexibility index (Phi) is 7.00. The fourth-order valence-corrected chi connectivity index (χ4v) is 3.91. The first-order valence-corrected chi connectivity index (χ1v) is 9.82. The number of likely N-dealkylation sites (tertiary alicyclic amines) is 1. The highest BCUT2D eigenvalue weighted by Crippen LogP contribution is 2.40. The zero-order chi connectivity index (χ0) is 20.6. The van der Waals surface area contributed by atoms with E-state index >= 15 is 0 Å². The number of amides is 1. The molecule has 1 amide bonds. The van der Waals surface area contributed by atoms with E-state index in [-0.39, 0.29) is 24.3 Å². The summed E-state index contributed by atoms with van der Waals surface area (Å²) in [6, 6.07) is 11.1. The van der Waals surface area contributed by atoms with Crippen molar-refractivity contribution in [3.63, 3.8) is 0 Å². The van der Waals surface area contributed by atoms with Crippen LogP contribution in [0.3, 0.4) is 0 Å². The molecular formula is C23H26N2O4. The highest BCUT2D eigenvalue weighted by atomic mass is 16.5. The summed E-state index contributed by atoms with van der Waals surface area (Å²) in [6.07, 6.45) is 9.81. The zero-order valence-electron chi connectivity index (χ0n) is 16.5. The predicted molar refractivity (Wildman–Crippen MR) is 110 cm³/mol. The van der Waals surface area contributed by atoms with E-state index in [1.54, 1.807) is 25.4 Å². The van der Waals surface area contributed by atoms with Crippen LogP contribution in [0.25, 0.3) is 0 Å². The van der Waals surface area contributed by atoms with Crippen LogP contribution in [-0.4, -0.2) is 40.5 Å². The summed E-state index contributed by atoms with van der Waals surface area (Å²) in [7, 11) is 1.57. The second-order valence-corrected chi connectivity index (χ2v) is 7.12. The molecule has 152 valence electrons. The number of hydrogen-bond donors (Lipinski definition) is 1. The standard InChI is InChI=1S/C23H26N2O4/c1-29-20-11-6-5-10-19(20)23(28)25-15-13-17(8-3-2-4-12-21(26)27)22(25)18-9-7-14-24-16-18/h2-3,5-7,9-11,14,16-17,22H,4,8,12-13,15H2,1H3,(H,26,27)/b3-2-. The Morgan fingerprint density at radius 2 is 2.07 bits per heavy atom. The Morgan fingerprint density at radius 1 is 1.24 bits per heavy atom. The Balaban J connectivity index is 1.81. The fraction of sp³-hybridized carbons (Fsp3) is 0.348. The molecule has 0 aliphatic carbocycles.